The van der Waals surface area contributed by atoms with Gasteiger partial charge in [-0.25, -0.2) is 0 Å². The average Bonchev–Trinajstić information content (AvgIpc) is 2.11. The van der Waals surface area contributed by atoms with Gasteiger partial charge in [-0.1, -0.05) is 0 Å². The molecule has 0 radical (unpaired) electrons. The lowest BCUT2D eigenvalue weighted by atomic mass is 10.0. The summed E-state index contributed by atoms with van der Waals surface area (Å²) in [6, 6.07) is -0.543. The van der Waals surface area contributed by atoms with Crippen LogP contribution in [0.15, 0.2) is 0 Å². The highest BCUT2D eigenvalue weighted by molar-refractivity contribution is 5.73. The molecule has 92 valence electrons. The summed E-state index contributed by atoms with van der Waals surface area (Å²) >= 11 is 0. The van der Waals surface area contributed by atoms with Gasteiger partial charge in [-0.3, -0.25) is 9.59 Å². The first-order valence-corrected chi connectivity index (χ1v) is 5.18. The molecule has 2 N–H and O–H groups in total. The highest BCUT2D eigenvalue weighted by Gasteiger charge is 2.37. The van der Waals surface area contributed by atoms with E-state index in [0.29, 0.717) is 6.42 Å². The Morgan fingerprint density at radius 3 is 2.56 bits per heavy atom. The second-order valence-corrected chi connectivity index (χ2v) is 3.92. The van der Waals surface area contributed by atoms with Crippen molar-refractivity contribution in [2.24, 2.45) is 0 Å². The van der Waals surface area contributed by atoms with Gasteiger partial charge >= 0.3 is 5.97 Å². The van der Waals surface area contributed by atoms with Crippen LogP contribution in [0.4, 0.5) is 0 Å². The molecule has 0 aromatic carbocycles. The summed E-state index contributed by atoms with van der Waals surface area (Å²) in [5.74, 6) is -0.665. The first-order chi connectivity index (χ1) is 7.40. The van der Waals surface area contributed by atoms with Crippen molar-refractivity contribution in [3.05, 3.63) is 0 Å². The SMILES string of the molecule is CC(=O)N[C@@H]1C[C@@H](OC(C)=O)[C@@H](C)OC1O. The number of esters is 1. The maximum atomic E-state index is 10.9. The predicted molar refractivity (Wildman–Crippen MR) is 54.3 cm³/mol. The second-order valence-electron chi connectivity index (χ2n) is 3.92. The minimum absolute atomic E-state index is 0.260. The van der Waals surface area contributed by atoms with Crippen molar-refractivity contribution in [1.82, 2.24) is 5.32 Å². The van der Waals surface area contributed by atoms with E-state index in [1.165, 1.54) is 13.8 Å². The normalized spacial score (nSPS) is 34.2. The Labute approximate surface area is 93.9 Å². The number of carbonyl (C=O) groups excluding carboxylic acids is 2. The van der Waals surface area contributed by atoms with E-state index in [1.807, 2.05) is 0 Å². The zero-order valence-electron chi connectivity index (χ0n) is 9.60. The van der Waals surface area contributed by atoms with Crippen molar-refractivity contribution in [1.29, 1.82) is 0 Å². The van der Waals surface area contributed by atoms with Crippen LogP contribution in [-0.4, -0.2) is 41.5 Å². The third-order valence-corrected chi connectivity index (χ3v) is 2.41. The molecule has 1 rings (SSSR count). The number of rotatable bonds is 2. The van der Waals surface area contributed by atoms with Crippen LogP contribution in [0.25, 0.3) is 0 Å². The van der Waals surface area contributed by atoms with Gasteiger partial charge in [-0.05, 0) is 6.92 Å². The van der Waals surface area contributed by atoms with Crippen LogP contribution >= 0.6 is 0 Å². The number of amides is 1. The quantitative estimate of drug-likeness (QED) is 0.629. The van der Waals surface area contributed by atoms with Crippen molar-refractivity contribution in [2.75, 3.05) is 0 Å². The molecular weight excluding hydrogens is 214 g/mol. The fraction of sp³-hybridized carbons (Fsp3) is 0.800. The van der Waals surface area contributed by atoms with Crippen LogP contribution in [-0.2, 0) is 19.1 Å². The van der Waals surface area contributed by atoms with Crippen molar-refractivity contribution in [3.63, 3.8) is 0 Å². The molecule has 0 aromatic heterocycles. The summed E-state index contributed by atoms with van der Waals surface area (Å²) in [4.78, 5) is 21.7. The third kappa shape index (κ3) is 3.46. The van der Waals surface area contributed by atoms with Crippen molar-refractivity contribution in [2.45, 2.75) is 51.7 Å². The average molecular weight is 231 g/mol. The van der Waals surface area contributed by atoms with Gasteiger partial charge in [-0.2, -0.15) is 0 Å². The van der Waals surface area contributed by atoms with Gasteiger partial charge in [0.1, 0.15) is 6.10 Å². The Morgan fingerprint density at radius 1 is 1.44 bits per heavy atom. The molecule has 6 nitrogen and oxygen atoms in total. The van der Waals surface area contributed by atoms with E-state index < -0.39 is 24.4 Å². The minimum Gasteiger partial charge on any atom is -0.460 e. The van der Waals surface area contributed by atoms with E-state index in [0.717, 1.165) is 0 Å². The topological polar surface area (TPSA) is 84.9 Å². The van der Waals surface area contributed by atoms with Gasteiger partial charge in [0.05, 0.1) is 12.1 Å². The third-order valence-electron chi connectivity index (χ3n) is 2.41. The first kappa shape index (κ1) is 12.9. The lowest BCUT2D eigenvalue weighted by molar-refractivity contribution is -0.217. The zero-order valence-corrected chi connectivity index (χ0v) is 9.60. The molecule has 1 fully saturated rings. The lowest BCUT2D eigenvalue weighted by Crippen LogP contribution is -2.54. The number of aliphatic hydroxyl groups excluding tert-OH is 1. The number of nitrogens with one attached hydrogen (secondary N) is 1. The summed E-state index contributed by atoms with van der Waals surface area (Å²) in [5.41, 5.74) is 0. The molecule has 0 bridgehead atoms. The van der Waals surface area contributed by atoms with Gasteiger partial charge < -0.3 is 19.9 Å². The fourth-order valence-electron chi connectivity index (χ4n) is 1.71. The maximum absolute atomic E-state index is 10.9. The molecule has 0 aliphatic carbocycles. The maximum Gasteiger partial charge on any atom is 0.302 e. The van der Waals surface area contributed by atoms with Crippen molar-refractivity contribution in [3.8, 4) is 0 Å². The molecule has 0 aromatic rings. The number of carbonyl (C=O) groups is 2. The van der Waals surface area contributed by atoms with E-state index in [2.05, 4.69) is 5.32 Å². The predicted octanol–water partition coefficient (Wildman–Crippen LogP) is -0.450. The molecule has 1 aliphatic heterocycles. The fourth-order valence-corrected chi connectivity index (χ4v) is 1.71. The number of hydrogen-bond acceptors (Lipinski definition) is 5. The number of hydrogen-bond donors (Lipinski definition) is 2. The Hall–Kier alpha value is -1.14. The Kier molecular flexibility index (Phi) is 4.26. The molecule has 1 heterocycles. The van der Waals surface area contributed by atoms with Crippen LogP contribution in [0, 0.1) is 0 Å². The molecule has 6 heteroatoms. The standard InChI is InChI=1S/C10H17NO5/c1-5-9(16-7(3)13)4-8(10(14)15-5)11-6(2)12/h5,8-10,14H,4H2,1-3H3,(H,11,12)/t5-,8-,9-,10?/m1/s1. The molecule has 1 saturated heterocycles. The summed E-state index contributed by atoms with van der Waals surface area (Å²) in [6.45, 7) is 4.37. The van der Waals surface area contributed by atoms with Crippen molar-refractivity contribution < 1.29 is 24.2 Å². The van der Waals surface area contributed by atoms with Crippen LogP contribution < -0.4 is 5.32 Å². The Bertz CT molecular complexity index is 254. The summed E-state index contributed by atoms with van der Waals surface area (Å²) in [6.07, 6.45) is -1.55. The first-order valence-electron chi connectivity index (χ1n) is 5.18. The van der Waals surface area contributed by atoms with E-state index in [-0.39, 0.29) is 12.0 Å². The highest BCUT2D eigenvalue weighted by Crippen LogP contribution is 2.21. The van der Waals surface area contributed by atoms with E-state index in [9.17, 15) is 14.7 Å². The van der Waals surface area contributed by atoms with Crippen LogP contribution in [0.1, 0.15) is 27.2 Å². The molecule has 4 atom stereocenters. The summed E-state index contributed by atoms with van der Waals surface area (Å²) < 4.78 is 10.2. The minimum atomic E-state index is -1.06. The van der Waals surface area contributed by atoms with Crippen LogP contribution in [0.2, 0.25) is 0 Å². The molecule has 1 amide bonds. The van der Waals surface area contributed by atoms with Gasteiger partial charge in [-0.15, -0.1) is 0 Å². The van der Waals surface area contributed by atoms with Gasteiger partial charge in [0.15, 0.2) is 6.29 Å². The van der Waals surface area contributed by atoms with Crippen LogP contribution in [0.3, 0.4) is 0 Å². The molecule has 0 spiro atoms. The van der Waals surface area contributed by atoms with Gasteiger partial charge in [0.25, 0.3) is 0 Å². The Morgan fingerprint density at radius 2 is 2.06 bits per heavy atom. The largest absolute Gasteiger partial charge is 0.460 e. The second kappa shape index (κ2) is 5.27. The van der Waals surface area contributed by atoms with E-state index in [4.69, 9.17) is 9.47 Å². The highest BCUT2D eigenvalue weighted by atomic mass is 16.6. The number of aliphatic hydroxyl groups is 1. The lowest BCUT2D eigenvalue weighted by Gasteiger charge is -2.37. The van der Waals surface area contributed by atoms with Crippen molar-refractivity contribution >= 4 is 11.9 Å². The van der Waals surface area contributed by atoms with Gasteiger partial charge in [0.2, 0.25) is 5.91 Å². The van der Waals surface area contributed by atoms with Gasteiger partial charge in [0, 0.05) is 20.3 Å². The molecule has 1 aliphatic rings. The van der Waals surface area contributed by atoms with E-state index >= 15 is 0 Å². The Balaban J connectivity index is 2.60. The smallest absolute Gasteiger partial charge is 0.302 e. The summed E-state index contributed by atoms with van der Waals surface area (Å²) in [7, 11) is 0. The number of ether oxygens (including phenoxy) is 2. The molecule has 1 unspecified atom stereocenters. The molecule has 0 saturated carbocycles. The monoisotopic (exact) mass is 231 g/mol. The van der Waals surface area contributed by atoms with E-state index in [1.54, 1.807) is 6.92 Å². The zero-order chi connectivity index (χ0) is 12.3. The van der Waals surface area contributed by atoms with Crippen LogP contribution in [0.5, 0.6) is 0 Å². The molecule has 16 heavy (non-hydrogen) atoms. The summed E-state index contributed by atoms with van der Waals surface area (Å²) in [5, 5.41) is 12.1. The molecular formula is C10H17NO5.